The van der Waals surface area contributed by atoms with Gasteiger partial charge < -0.3 is 10.2 Å². The third-order valence-corrected chi connectivity index (χ3v) is 3.30. The predicted octanol–water partition coefficient (Wildman–Crippen LogP) is 1.35. The van der Waals surface area contributed by atoms with Crippen LogP contribution in [0.2, 0.25) is 0 Å². The van der Waals surface area contributed by atoms with Crippen LogP contribution in [-0.4, -0.2) is 30.0 Å². The summed E-state index contributed by atoms with van der Waals surface area (Å²) >= 11 is 0. The fourth-order valence-corrected chi connectivity index (χ4v) is 2.22. The summed E-state index contributed by atoms with van der Waals surface area (Å²) in [4.78, 5) is 22.3. The van der Waals surface area contributed by atoms with E-state index in [1.165, 1.54) is 12.8 Å². The summed E-state index contributed by atoms with van der Waals surface area (Å²) < 4.78 is 0. The standard InChI is InChI=1S/C13H20N4O/c1-17(2)12-7-8-14-11(16-12)9-15-13(18)10-5-3-4-6-10/h7-8,10H,3-6,9H2,1-2H3,(H,15,18). The number of carbonyl (C=O) groups excluding carboxylic acids is 1. The van der Waals surface area contributed by atoms with Gasteiger partial charge in [-0.05, 0) is 18.9 Å². The van der Waals surface area contributed by atoms with Gasteiger partial charge in [-0.2, -0.15) is 0 Å². The molecule has 1 fully saturated rings. The molecule has 1 heterocycles. The molecule has 0 saturated heterocycles. The second kappa shape index (κ2) is 5.80. The van der Waals surface area contributed by atoms with Crippen molar-refractivity contribution in [3.8, 4) is 0 Å². The van der Waals surface area contributed by atoms with Gasteiger partial charge in [-0.1, -0.05) is 12.8 Å². The maximum Gasteiger partial charge on any atom is 0.223 e. The minimum absolute atomic E-state index is 0.145. The van der Waals surface area contributed by atoms with Crippen molar-refractivity contribution in [2.24, 2.45) is 5.92 Å². The van der Waals surface area contributed by atoms with E-state index < -0.39 is 0 Å². The van der Waals surface area contributed by atoms with E-state index in [1.54, 1.807) is 6.20 Å². The Morgan fingerprint density at radius 3 is 2.83 bits per heavy atom. The van der Waals surface area contributed by atoms with Gasteiger partial charge in [-0.15, -0.1) is 0 Å². The highest BCUT2D eigenvalue weighted by Gasteiger charge is 2.22. The van der Waals surface area contributed by atoms with Crippen molar-refractivity contribution in [2.45, 2.75) is 32.2 Å². The van der Waals surface area contributed by atoms with Gasteiger partial charge in [0.05, 0.1) is 6.54 Å². The average Bonchev–Trinajstić information content (AvgIpc) is 2.90. The number of nitrogens with zero attached hydrogens (tertiary/aromatic N) is 3. The van der Waals surface area contributed by atoms with Crippen LogP contribution in [0.5, 0.6) is 0 Å². The molecule has 2 rings (SSSR count). The van der Waals surface area contributed by atoms with Crippen LogP contribution in [0.3, 0.4) is 0 Å². The topological polar surface area (TPSA) is 58.1 Å². The van der Waals surface area contributed by atoms with Crippen molar-refractivity contribution in [3.05, 3.63) is 18.1 Å². The zero-order valence-electron chi connectivity index (χ0n) is 11.0. The summed E-state index contributed by atoms with van der Waals surface area (Å²) in [6, 6.07) is 1.85. The van der Waals surface area contributed by atoms with Crippen LogP contribution >= 0.6 is 0 Å². The normalized spacial score (nSPS) is 15.7. The monoisotopic (exact) mass is 248 g/mol. The molecule has 98 valence electrons. The number of amides is 1. The molecule has 0 spiro atoms. The predicted molar refractivity (Wildman–Crippen MR) is 70.2 cm³/mol. The molecule has 1 aliphatic carbocycles. The maximum absolute atomic E-state index is 11.9. The molecule has 5 nitrogen and oxygen atoms in total. The average molecular weight is 248 g/mol. The van der Waals surface area contributed by atoms with Crippen molar-refractivity contribution < 1.29 is 4.79 Å². The second-order valence-corrected chi connectivity index (χ2v) is 4.92. The Balaban J connectivity index is 1.89. The van der Waals surface area contributed by atoms with E-state index in [0.717, 1.165) is 18.7 Å². The number of hydrogen-bond donors (Lipinski definition) is 1. The minimum atomic E-state index is 0.145. The highest BCUT2D eigenvalue weighted by Crippen LogP contribution is 2.24. The van der Waals surface area contributed by atoms with Crippen LogP contribution in [0.4, 0.5) is 5.82 Å². The van der Waals surface area contributed by atoms with E-state index in [1.807, 2.05) is 25.1 Å². The SMILES string of the molecule is CN(C)c1ccnc(CNC(=O)C2CCCC2)n1. The summed E-state index contributed by atoms with van der Waals surface area (Å²) in [5.41, 5.74) is 0. The van der Waals surface area contributed by atoms with Crippen LogP contribution in [0.1, 0.15) is 31.5 Å². The highest BCUT2D eigenvalue weighted by molar-refractivity contribution is 5.78. The van der Waals surface area contributed by atoms with Gasteiger partial charge in [0, 0.05) is 26.2 Å². The zero-order chi connectivity index (χ0) is 13.0. The molecule has 1 aromatic heterocycles. The molecule has 0 atom stereocenters. The lowest BCUT2D eigenvalue weighted by atomic mass is 10.1. The Kier molecular flexibility index (Phi) is 4.12. The first-order valence-electron chi connectivity index (χ1n) is 6.44. The van der Waals surface area contributed by atoms with E-state index in [2.05, 4.69) is 15.3 Å². The molecule has 0 unspecified atom stereocenters. The fourth-order valence-electron chi connectivity index (χ4n) is 2.22. The van der Waals surface area contributed by atoms with E-state index in [0.29, 0.717) is 12.4 Å². The van der Waals surface area contributed by atoms with Gasteiger partial charge in [0.2, 0.25) is 5.91 Å². The summed E-state index contributed by atoms with van der Waals surface area (Å²) in [5.74, 6) is 1.86. The highest BCUT2D eigenvalue weighted by atomic mass is 16.1. The molecule has 1 amide bonds. The van der Waals surface area contributed by atoms with E-state index in [9.17, 15) is 4.79 Å². The van der Waals surface area contributed by atoms with Gasteiger partial charge >= 0.3 is 0 Å². The largest absolute Gasteiger partial charge is 0.363 e. The van der Waals surface area contributed by atoms with E-state index in [-0.39, 0.29) is 11.8 Å². The molecule has 0 radical (unpaired) electrons. The lowest BCUT2D eigenvalue weighted by Crippen LogP contribution is -2.29. The molecular formula is C13H20N4O. The van der Waals surface area contributed by atoms with Gasteiger partial charge in [0.1, 0.15) is 11.6 Å². The molecular weight excluding hydrogens is 228 g/mol. The molecule has 0 aromatic carbocycles. The van der Waals surface area contributed by atoms with Crippen molar-refractivity contribution in [1.82, 2.24) is 15.3 Å². The van der Waals surface area contributed by atoms with Crippen molar-refractivity contribution in [2.75, 3.05) is 19.0 Å². The zero-order valence-corrected chi connectivity index (χ0v) is 11.0. The maximum atomic E-state index is 11.9. The number of anilines is 1. The van der Waals surface area contributed by atoms with E-state index >= 15 is 0 Å². The molecule has 0 aliphatic heterocycles. The Hall–Kier alpha value is -1.65. The van der Waals surface area contributed by atoms with Crippen LogP contribution in [0, 0.1) is 5.92 Å². The third-order valence-electron chi connectivity index (χ3n) is 3.30. The second-order valence-electron chi connectivity index (χ2n) is 4.92. The smallest absolute Gasteiger partial charge is 0.223 e. The van der Waals surface area contributed by atoms with Crippen molar-refractivity contribution >= 4 is 11.7 Å². The minimum Gasteiger partial charge on any atom is -0.363 e. The van der Waals surface area contributed by atoms with Crippen LogP contribution in [0.15, 0.2) is 12.3 Å². The van der Waals surface area contributed by atoms with Crippen LogP contribution in [0.25, 0.3) is 0 Å². The van der Waals surface area contributed by atoms with Gasteiger partial charge in [-0.3, -0.25) is 4.79 Å². The molecule has 1 saturated carbocycles. The summed E-state index contributed by atoms with van der Waals surface area (Å²) in [5, 5.41) is 2.92. The third kappa shape index (κ3) is 3.18. The van der Waals surface area contributed by atoms with Gasteiger partial charge in [-0.25, -0.2) is 9.97 Å². The number of carbonyl (C=O) groups is 1. The summed E-state index contributed by atoms with van der Waals surface area (Å²) in [6.45, 7) is 0.414. The molecule has 0 bridgehead atoms. The Bertz CT molecular complexity index is 413. The molecule has 1 aliphatic rings. The number of rotatable bonds is 4. The van der Waals surface area contributed by atoms with Gasteiger partial charge in [0.25, 0.3) is 0 Å². The first kappa shape index (κ1) is 12.8. The van der Waals surface area contributed by atoms with Crippen molar-refractivity contribution in [3.63, 3.8) is 0 Å². The van der Waals surface area contributed by atoms with Crippen molar-refractivity contribution in [1.29, 1.82) is 0 Å². The Labute approximate surface area is 108 Å². The summed E-state index contributed by atoms with van der Waals surface area (Å²) in [6.07, 6.45) is 6.10. The first-order valence-corrected chi connectivity index (χ1v) is 6.44. The Morgan fingerprint density at radius 2 is 2.17 bits per heavy atom. The lowest BCUT2D eigenvalue weighted by molar-refractivity contribution is -0.125. The fraction of sp³-hybridized carbons (Fsp3) is 0.615. The molecule has 1 N–H and O–H groups in total. The molecule has 18 heavy (non-hydrogen) atoms. The lowest BCUT2D eigenvalue weighted by Gasteiger charge is -2.13. The van der Waals surface area contributed by atoms with E-state index in [4.69, 9.17) is 0 Å². The quantitative estimate of drug-likeness (QED) is 0.874. The van der Waals surface area contributed by atoms with Gasteiger partial charge in [0.15, 0.2) is 0 Å². The van der Waals surface area contributed by atoms with Crippen LogP contribution < -0.4 is 10.2 Å². The summed E-state index contributed by atoms with van der Waals surface area (Å²) in [7, 11) is 3.87. The molecule has 1 aromatic rings. The number of hydrogen-bond acceptors (Lipinski definition) is 4. The molecule has 5 heteroatoms. The number of aromatic nitrogens is 2. The first-order chi connectivity index (χ1) is 8.66. The number of nitrogens with one attached hydrogen (secondary N) is 1. The Morgan fingerprint density at radius 1 is 1.44 bits per heavy atom. The van der Waals surface area contributed by atoms with Crippen LogP contribution in [-0.2, 0) is 11.3 Å².